The predicted molar refractivity (Wildman–Crippen MR) is 109 cm³/mol. The van der Waals surface area contributed by atoms with Crippen molar-refractivity contribution in [1.82, 2.24) is 0 Å². The van der Waals surface area contributed by atoms with Gasteiger partial charge in [-0.1, -0.05) is 35.3 Å². The van der Waals surface area contributed by atoms with Crippen LogP contribution in [-0.4, -0.2) is 29.9 Å². The van der Waals surface area contributed by atoms with E-state index in [4.69, 9.17) is 27.9 Å². The zero-order chi connectivity index (χ0) is 18.9. The fraction of sp³-hybridized carbons (Fsp3) is 0.222. The molecule has 5 nitrogen and oxygen atoms in total. The normalized spacial score (nSPS) is 10.3. The van der Waals surface area contributed by atoms with Gasteiger partial charge in [-0.3, -0.25) is 9.59 Å². The molecule has 8 heteroatoms. The zero-order valence-corrected chi connectivity index (χ0v) is 16.4. The first-order chi connectivity index (χ1) is 12.5. The summed E-state index contributed by atoms with van der Waals surface area (Å²) < 4.78 is 5.46. The maximum Gasteiger partial charge on any atom is 0.234 e. The molecule has 0 unspecified atom stereocenters. The molecule has 2 aromatic rings. The van der Waals surface area contributed by atoms with Gasteiger partial charge in [0.2, 0.25) is 11.8 Å². The smallest absolute Gasteiger partial charge is 0.234 e. The summed E-state index contributed by atoms with van der Waals surface area (Å²) in [5.41, 5.74) is 1.17. The fourth-order valence-corrected chi connectivity index (χ4v) is 2.96. The standard InChI is InChI=1S/C18H18Cl2N2O3S/c1-2-25-16-6-4-3-5-15(16)22-18(24)11-26-10-17(23)21-12-7-8-13(19)14(20)9-12/h3-9H,2,10-11H2,1H3,(H,21,23)(H,22,24). The lowest BCUT2D eigenvalue weighted by atomic mass is 10.3. The molecule has 2 N–H and O–H groups in total. The Bertz CT molecular complexity index is 787. The number of hydrogen-bond acceptors (Lipinski definition) is 4. The minimum Gasteiger partial charge on any atom is -0.492 e. The van der Waals surface area contributed by atoms with Gasteiger partial charge in [-0.15, -0.1) is 11.8 Å². The minimum atomic E-state index is -0.226. The Morgan fingerprint density at radius 2 is 1.69 bits per heavy atom. The number of benzene rings is 2. The molecule has 26 heavy (non-hydrogen) atoms. The molecule has 2 rings (SSSR count). The van der Waals surface area contributed by atoms with Crippen molar-refractivity contribution in [2.45, 2.75) is 6.92 Å². The van der Waals surface area contributed by atoms with E-state index in [1.54, 1.807) is 30.3 Å². The summed E-state index contributed by atoms with van der Waals surface area (Å²) in [5, 5.41) is 6.27. The lowest BCUT2D eigenvalue weighted by molar-refractivity contribution is -0.114. The highest BCUT2D eigenvalue weighted by atomic mass is 35.5. The number of halogens is 2. The Labute approximate surface area is 166 Å². The molecule has 0 fully saturated rings. The Kier molecular flexibility index (Phi) is 8.09. The van der Waals surface area contributed by atoms with E-state index in [1.807, 2.05) is 19.1 Å². The van der Waals surface area contributed by atoms with Gasteiger partial charge < -0.3 is 15.4 Å². The van der Waals surface area contributed by atoms with Crippen molar-refractivity contribution in [1.29, 1.82) is 0 Å². The van der Waals surface area contributed by atoms with E-state index in [1.165, 1.54) is 11.8 Å². The molecule has 138 valence electrons. The van der Waals surface area contributed by atoms with Gasteiger partial charge in [0.05, 0.1) is 33.8 Å². The summed E-state index contributed by atoms with van der Waals surface area (Å²) in [6.45, 7) is 2.39. The number of thioether (sulfide) groups is 1. The van der Waals surface area contributed by atoms with E-state index in [0.29, 0.717) is 33.8 Å². The molecular formula is C18H18Cl2N2O3S. The van der Waals surface area contributed by atoms with Crippen molar-refractivity contribution in [3.63, 3.8) is 0 Å². The highest BCUT2D eigenvalue weighted by Crippen LogP contribution is 2.25. The fourth-order valence-electron chi connectivity index (χ4n) is 2.04. The van der Waals surface area contributed by atoms with Gasteiger partial charge in [-0.2, -0.15) is 0 Å². The maximum atomic E-state index is 12.0. The molecule has 0 bridgehead atoms. The molecule has 0 aliphatic carbocycles. The number of carbonyl (C=O) groups is 2. The van der Waals surface area contributed by atoms with Crippen molar-refractivity contribution < 1.29 is 14.3 Å². The average Bonchev–Trinajstić information content (AvgIpc) is 2.60. The Hall–Kier alpha value is -1.89. The summed E-state index contributed by atoms with van der Waals surface area (Å²) in [6.07, 6.45) is 0. The molecule has 0 aliphatic rings. The summed E-state index contributed by atoms with van der Waals surface area (Å²) in [6, 6.07) is 12.0. The van der Waals surface area contributed by atoms with Crippen LogP contribution in [-0.2, 0) is 9.59 Å². The van der Waals surface area contributed by atoms with E-state index >= 15 is 0 Å². The van der Waals surface area contributed by atoms with Gasteiger partial charge in [0.15, 0.2) is 0 Å². The van der Waals surface area contributed by atoms with Crippen LogP contribution >= 0.6 is 35.0 Å². The molecule has 0 saturated carbocycles. The highest BCUT2D eigenvalue weighted by molar-refractivity contribution is 8.00. The second kappa shape index (κ2) is 10.3. The van der Waals surface area contributed by atoms with Crippen LogP contribution in [0.1, 0.15) is 6.92 Å². The molecule has 0 aromatic heterocycles. The quantitative estimate of drug-likeness (QED) is 0.658. The molecule has 0 aliphatic heterocycles. The van der Waals surface area contributed by atoms with Gasteiger partial charge in [0.1, 0.15) is 5.75 Å². The molecule has 0 heterocycles. The number of rotatable bonds is 8. The van der Waals surface area contributed by atoms with Crippen LogP contribution in [0.15, 0.2) is 42.5 Å². The lowest BCUT2D eigenvalue weighted by Gasteiger charge is -2.11. The van der Waals surface area contributed by atoms with E-state index < -0.39 is 0 Å². The van der Waals surface area contributed by atoms with Crippen LogP contribution in [0, 0.1) is 0 Å². The topological polar surface area (TPSA) is 67.4 Å². The second-order valence-corrected chi connectivity index (χ2v) is 6.95. The van der Waals surface area contributed by atoms with E-state index in [9.17, 15) is 9.59 Å². The van der Waals surface area contributed by atoms with Gasteiger partial charge in [0.25, 0.3) is 0 Å². The first-order valence-corrected chi connectivity index (χ1v) is 9.75. The van der Waals surface area contributed by atoms with E-state index in [2.05, 4.69) is 10.6 Å². The average molecular weight is 413 g/mol. The van der Waals surface area contributed by atoms with Crippen molar-refractivity contribution in [2.75, 3.05) is 28.7 Å². The van der Waals surface area contributed by atoms with Crippen molar-refractivity contribution in [3.05, 3.63) is 52.5 Å². The molecule has 2 aromatic carbocycles. The Balaban J connectivity index is 1.77. The molecule has 0 atom stereocenters. The van der Waals surface area contributed by atoms with Gasteiger partial charge in [-0.25, -0.2) is 0 Å². The first-order valence-electron chi connectivity index (χ1n) is 7.84. The van der Waals surface area contributed by atoms with Crippen LogP contribution in [0.2, 0.25) is 10.0 Å². The van der Waals surface area contributed by atoms with Crippen LogP contribution in [0.25, 0.3) is 0 Å². The summed E-state index contributed by atoms with van der Waals surface area (Å²) >= 11 is 12.9. The van der Waals surface area contributed by atoms with Crippen molar-refractivity contribution in [3.8, 4) is 5.75 Å². The predicted octanol–water partition coefficient (Wildman–Crippen LogP) is 4.70. The number of anilines is 2. The molecule has 0 saturated heterocycles. The number of amides is 2. The van der Waals surface area contributed by atoms with Gasteiger partial charge >= 0.3 is 0 Å². The molecule has 0 radical (unpaired) electrons. The van der Waals surface area contributed by atoms with E-state index in [-0.39, 0.29) is 23.3 Å². The summed E-state index contributed by atoms with van der Waals surface area (Å²) in [4.78, 5) is 24.0. The van der Waals surface area contributed by atoms with Crippen LogP contribution in [0.5, 0.6) is 5.75 Å². The lowest BCUT2D eigenvalue weighted by Crippen LogP contribution is -2.18. The number of ether oxygens (including phenoxy) is 1. The summed E-state index contributed by atoms with van der Waals surface area (Å²) in [7, 11) is 0. The first kappa shape index (κ1) is 20.4. The molecule has 0 spiro atoms. The number of hydrogen-bond donors (Lipinski definition) is 2. The molecule has 2 amide bonds. The van der Waals surface area contributed by atoms with Crippen LogP contribution < -0.4 is 15.4 Å². The maximum absolute atomic E-state index is 12.0. The van der Waals surface area contributed by atoms with Gasteiger partial charge in [0, 0.05) is 5.69 Å². The third-order valence-electron chi connectivity index (χ3n) is 3.13. The largest absolute Gasteiger partial charge is 0.492 e. The Morgan fingerprint density at radius 3 is 2.38 bits per heavy atom. The summed E-state index contributed by atoms with van der Waals surface area (Å²) in [5.74, 6) is 0.474. The highest BCUT2D eigenvalue weighted by Gasteiger charge is 2.10. The Morgan fingerprint density at radius 1 is 1.00 bits per heavy atom. The van der Waals surface area contributed by atoms with E-state index in [0.717, 1.165) is 0 Å². The van der Waals surface area contributed by atoms with Gasteiger partial charge in [-0.05, 0) is 37.3 Å². The number of nitrogens with one attached hydrogen (secondary N) is 2. The van der Waals surface area contributed by atoms with Crippen LogP contribution in [0.3, 0.4) is 0 Å². The SMILES string of the molecule is CCOc1ccccc1NC(=O)CSCC(=O)Nc1ccc(Cl)c(Cl)c1. The number of carbonyl (C=O) groups excluding carboxylic acids is 2. The third kappa shape index (κ3) is 6.44. The number of para-hydroxylation sites is 2. The molecular weight excluding hydrogens is 395 g/mol. The van der Waals surface area contributed by atoms with Crippen LogP contribution in [0.4, 0.5) is 11.4 Å². The zero-order valence-electron chi connectivity index (χ0n) is 14.1. The van der Waals surface area contributed by atoms with Crippen molar-refractivity contribution in [2.24, 2.45) is 0 Å². The second-order valence-electron chi connectivity index (χ2n) is 5.15. The minimum absolute atomic E-state index is 0.140. The van der Waals surface area contributed by atoms with Crippen molar-refractivity contribution >= 4 is 58.2 Å². The third-order valence-corrected chi connectivity index (χ3v) is 4.80. The monoisotopic (exact) mass is 412 g/mol.